The van der Waals surface area contributed by atoms with Crippen molar-refractivity contribution in [3.05, 3.63) is 29.8 Å². The standard InChI is InChI=1S/C38H65N7O12/c1-26(2)33(36(51)44-29(7-6-16-41-37(40)52)34(49)42-28-10-8-27(25-46)9-11-28)45-35(50)30(12-13-32(48)57-38(3,4)5)43-31(47)14-17-53-19-21-55-23-24-56-22-20-54-18-15-39/h8-11,26,29-30,33,46H,6-7,12-25,39H2,1-5H3,(H,42,49)(H,43,47)(H,44,51)(H,45,50)(H3,40,41,52)/t29-,30-,33-/m0/s1. The first-order valence-electron chi connectivity index (χ1n) is 19.2. The number of nitrogens with two attached hydrogens (primary N) is 2. The number of primary amides is 1. The molecule has 1 aromatic rings. The average Bonchev–Trinajstić information content (AvgIpc) is 3.14. The van der Waals surface area contributed by atoms with Crippen LogP contribution < -0.4 is 38.1 Å². The lowest BCUT2D eigenvalue weighted by Crippen LogP contribution is -2.58. The number of aliphatic hydroxyl groups excluding tert-OH is 1. The van der Waals surface area contributed by atoms with Crippen molar-refractivity contribution in [2.75, 3.05) is 71.3 Å². The Labute approximate surface area is 335 Å². The van der Waals surface area contributed by atoms with Gasteiger partial charge in [-0.25, -0.2) is 4.79 Å². The van der Waals surface area contributed by atoms with Gasteiger partial charge in [0.2, 0.25) is 23.6 Å². The third-order valence-corrected chi connectivity index (χ3v) is 7.81. The summed E-state index contributed by atoms with van der Waals surface area (Å²) < 4.78 is 26.9. The van der Waals surface area contributed by atoms with Crippen LogP contribution >= 0.6 is 0 Å². The minimum absolute atomic E-state index is 0.0333. The molecule has 19 heteroatoms. The Morgan fingerprint density at radius 2 is 1.28 bits per heavy atom. The van der Waals surface area contributed by atoms with Gasteiger partial charge in [0.05, 0.1) is 59.5 Å². The van der Waals surface area contributed by atoms with Crippen molar-refractivity contribution in [3.63, 3.8) is 0 Å². The first-order valence-corrected chi connectivity index (χ1v) is 19.2. The summed E-state index contributed by atoms with van der Waals surface area (Å²) in [5.41, 5.74) is 10.8. The van der Waals surface area contributed by atoms with Crippen LogP contribution in [0.2, 0.25) is 0 Å². The van der Waals surface area contributed by atoms with Crippen LogP contribution in [0.1, 0.15) is 72.3 Å². The van der Waals surface area contributed by atoms with Crippen LogP contribution in [-0.4, -0.2) is 130 Å². The quantitative estimate of drug-likeness (QED) is 0.0382. The molecule has 0 unspecified atom stereocenters. The monoisotopic (exact) mass is 811 g/mol. The highest BCUT2D eigenvalue weighted by Crippen LogP contribution is 2.13. The molecule has 3 atom stereocenters. The molecule has 324 valence electrons. The van der Waals surface area contributed by atoms with E-state index in [0.29, 0.717) is 50.8 Å². The molecule has 1 rings (SSSR count). The molecule has 0 heterocycles. The molecule has 57 heavy (non-hydrogen) atoms. The van der Waals surface area contributed by atoms with E-state index in [4.69, 9.17) is 35.2 Å². The number of carbonyl (C=O) groups excluding carboxylic acids is 6. The van der Waals surface area contributed by atoms with Gasteiger partial charge in [0, 0.05) is 31.6 Å². The highest BCUT2D eigenvalue weighted by atomic mass is 16.6. The number of carbonyl (C=O) groups is 6. The summed E-state index contributed by atoms with van der Waals surface area (Å²) in [6.45, 7) is 11.5. The zero-order valence-electron chi connectivity index (χ0n) is 34.0. The molecule has 0 aliphatic rings. The van der Waals surface area contributed by atoms with Gasteiger partial charge in [0.15, 0.2) is 0 Å². The number of aliphatic hydroxyl groups is 1. The fraction of sp³-hybridized carbons (Fsp3) is 0.684. The number of nitrogens with one attached hydrogen (secondary N) is 5. The van der Waals surface area contributed by atoms with Gasteiger partial charge in [-0.1, -0.05) is 26.0 Å². The molecule has 0 bridgehead atoms. The Bertz CT molecular complexity index is 1360. The molecule has 0 fully saturated rings. The fourth-order valence-corrected chi connectivity index (χ4v) is 4.96. The van der Waals surface area contributed by atoms with Crippen molar-refractivity contribution in [3.8, 4) is 0 Å². The maximum absolute atomic E-state index is 13.7. The number of ether oxygens (including phenoxy) is 5. The van der Waals surface area contributed by atoms with E-state index in [1.54, 1.807) is 58.9 Å². The molecular weight excluding hydrogens is 746 g/mol. The van der Waals surface area contributed by atoms with Crippen LogP contribution in [0.5, 0.6) is 0 Å². The van der Waals surface area contributed by atoms with Gasteiger partial charge in [-0.15, -0.1) is 0 Å². The second-order valence-electron chi connectivity index (χ2n) is 14.3. The molecule has 19 nitrogen and oxygen atoms in total. The summed E-state index contributed by atoms with van der Waals surface area (Å²) in [4.78, 5) is 77.4. The van der Waals surface area contributed by atoms with E-state index in [9.17, 15) is 33.9 Å². The highest BCUT2D eigenvalue weighted by Gasteiger charge is 2.32. The van der Waals surface area contributed by atoms with Gasteiger partial charge < -0.3 is 66.8 Å². The molecule has 1 aromatic carbocycles. The second kappa shape index (κ2) is 28.9. The topological polar surface area (TPSA) is 281 Å². The fourth-order valence-electron chi connectivity index (χ4n) is 4.96. The van der Waals surface area contributed by atoms with Gasteiger partial charge in [0.25, 0.3) is 0 Å². The lowest BCUT2D eigenvalue weighted by atomic mass is 10.0. The van der Waals surface area contributed by atoms with Crippen LogP contribution in [0.3, 0.4) is 0 Å². The van der Waals surface area contributed by atoms with Crippen molar-refractivity contribution in [1.82, 2.24) is 21.3 Å². The van der Waals surface area contributed by atoms with Gasteiger partial charge in [-0.2, -0.15) is 0 Å². The summed E-state index contributed by atoms with van der Waals surface area (Å²) in [6.07, 6.45) is -0.0375. The van der Waals surface area contributed by atoms with Gasteiger partial charge in [-0.3, -0.25) is 24.0 Å². The van der Waals surface area contributed by atoms with E-state index < -0.39 is 65.3 Å². The first-order chi connectivity index (χ1) is 27.1. The van der Waals surface area contributed by atoms with Crippen molar-refractivity contribution in [2.24, 2.45) is 17.4 Å². The number of hydrogen-bond donors (Lipinski definition) is 8. The molecule has 0 aliphatic carbocycles. The third kappa shape index (κ3) is 24.8. The third-order valence-electron chi connectivity index (χ3n) is 7.81. The van der Waals surface area contributed by atoms with E-state index in [-0.39, 0.29) is 65.1 Å². The summed E-state index contributed by atoms with van der Waals surface area (Å²) in [5.74, 6) is -3.53. The summed E-state index contributed by atoms with van der Waals surface area (Å²) in [6, 6.07) is 2.27. The molecule has 0 radical (unpaired) electrons. The SMILES string of the molecule is CC(C)[C@H](NC(=O)[C@H](CCC(=O)OC(C)(C)C)NC(=O)CCOCCOCCOCCOCCN)C(=O)N[C@@H](CCCNC(N)=O)C(=O)Nc1ccc(CO)cc1. The summed E-state index contributed by atoms with van der Waals surface area (Å²) >= 11 is 0. The number of rotatable bonds is 30. The number of amides is 6. The maximum atomic E-state index is 13.7. The predicted molar refractivity (Wildman–Crippen MR) is 210 cm³/mol. The molecule has 6 amide bonds. The van der Waals surface area contributed by atoms with E-state index in [2.05, 4.69) is 26.6 Å². The van der Waals surface area contributed by atoms with Crippen LogP contribution in [0.4, 0.5) is 10.5 Å². The molecule has 0 saturated heterocycles. The van der Waals surface area contributed by atoms with E-state index in [0.717, 1.165) is 0 Å². The minimum Gasteiger partial charge on any atom is -0.460 e. The number of anilines is 1. The maximum Gasteiger partial charge on any atom is 0.312 e. The molecule has 0 saturated carbocycles. The Hall–Kier alpha value is -4.40. The van der Waals surface area contributed by atoms with Crippen molar-refractivity contribution in [1.29, 1.82) is 0 Å². The van der Waals surface area contributed by atoms with E-state index in [1.807, 2.05) is 0 Å². The molecule has 0 aliphatic heterocycles. The van der Waals surface area contributed by atoms with Crippen molar-refractivity contribution < 1.29 is 57.6 Å². The molecule has 10 N–H and O–H groups in total. The number of esters is 1. The summed E-state index contributed by atoms with van der Waals surface area (Å²) in [5, 5.41) is 22.5. The smallest absolute Gasteiger partial charge is 0.312 e. The summed E-state index contributed by atoms with van der Waals surface area (Å²) in [7, 11) is 0. The van der Waals surface area contributed by atoms with Gasteiger partial charge >= 0.3 is 12.0 Å². The van der Waals surface area contributed by atoms with E-state index in [1.165, 1.54) is 0 Å². The second-order valence-corrected chi connectivity index (χ2v) is 14.3. The molecular formula is C38H65N7O12. The van der Waals surface area contributed by atoms with Gasteiger partial charge in [0.1, 0.15) is 23.7 Å². The Morgan fingerprint density at radius 3 is 1.81 bits per heavy atom. The lowest BCUT2D eigenvalue weighted by molar-refractivity contribution is -0.155. The predicted octanol–water partition coefficient (Wildman–Crippen LogP) is 0.213. The number of benzene rings is 1. The Morgan fingerprint density at radius 1 is 0.719 bits per heavy atom. The number of hydrogen-bond acceptors (Lipinski definition) is 13. The molecule has 0 spiro atoms. The van der Waals surface area contributed by atoms with Crippen molar-refractivity contribution in [2.45, 2.75) is 97.1 Å². The van der Waals surface area contributed by atoms with Gasteiger partial charge in [-0.05, 0) is 63.6 Å². The zero-order chi connectivity index (χ0) is 42.6. The Balaban J connectivity index is 2.90. The Kier molecular flexibility index (Phi) is 25.7. The van der Waals surface area contributed by atoms with Crippen LogP contribution in [0.15, 0.2) is 24.3 Å². The molecule has 0 aromatic heterocycles. The van der Waals surface area contributed by atoms with Crippen LogP contribution in [0, 0.1) is 5.92 Å². The zero-order valence-corrected chi connectivity index (χ0v) is 34.0. The van der Waals surface area contributed by atoms with Crippen LogP contribution in [-0.2, 0) is 54.3 Å². The average molecular weight is 812 g/mol. The minimum atomic E-state index is -1.22. The van der Waals surface area contributed by atoms with Crippen molar-refractivity contribution >= 4 is 41.3 Å². The van der Waals surface area contributed by atoms with Crippen LogP contribution in [0.25, 0.3) is 0 Å². The first kappa shape index (κ1) is 50.6. The normalized spacial score (nSPS) is 12.9. The largest absolute Gasteiger partial charge is 0.460 e. The number of urea groups is 1. The highest BCUT2D eigenvalue weighted by molar-refractivity contribution is 5.99. The lowest BCUT2D eigenvalue weighted by Gasteiger charge is -2.27. The van der Waals surface area contributed by atoms with E-state index >= 15 is 0 Å².